The third-order valence-corrected chi connectivity index (χ3v) is 6.69. The Morgan fingerprint density at radius 3 is 2.21 bits per heavy atom. The minimum absolute atomic E-state index is 0.0531. The molecular formula is C26H23ClN4O3. The van der Waals surface area contributed by atoms with Gasteiger partial charge in [-0.2, -0.15) is 0 Å². The van der Waals surface area contributed by atoms with Crippen LogP contribution in [0.2, 0.25) is 5.02 Å². The van der Waals surface area contributed by atoms with E-state index in [-0.39, 0.29) is 22.0 Å². The van der Waals surface area contributed by atoms with Crippen LogP contribution in [0.3, 0.4) is 0 Å². The second-order valence-corrected chi connectivity index (χ2v) is 9.11. The third-order valence-electron chi connectivity index (χ3n) is 6.42. The molecule has 1 unspecified atom stereocenters. The second-order valence-electron chi connectivity index (χ2n) is 8.71. The van der Waals surface area contributed by atoms with Crippen molar-refractivity contribution in [2.24, 2.45) is 21.1 Å². The molecule has 4 aromatic rings. The van der Waals surface area contributed by atoms with E-state index in [1.807, 2.05) is 48.9 Å². The van der Waals surface area contributed by atoms with Gasteiger partial charge >= 0.3 is 0 Å². The molecule has 172 valence electrons. The van der Waals surface area contributed by atoms with Crippen molar-refractivity contribution in [3.8, 4) is 11.3 Å². The predicted octanol–water partition coefficient (Wildman–Crippen LogP) is 3.80. The summed E-state index contributed by atoms with van der Waals surface area (Å²) in [4.78, 5) is 39.5. The number of aromatic nitrogens is 3. The van der Waals surface area contributed by atoms with E-state index in [1.54, 1.807) is 43.5 Å². The van der Waals surface area contributed by atoms with Crippen LogP contribution in [-0.2, 0) is 21.1 Å². The number of benzene rings is 1. The zero-order chi connectivity index (χ0) is 24.3. The zero-order valence-corrected chi connectivity index (χ0v) is 20.0. The van der Waals surface area contributed by atoms with Gasteiger partial charge in [0.1, 0.15) is 11.1 Å². The summed E-state index contributed by atoms with van der Waals surface area (Å²) in [5.41, 5.74) is 5.26. The maximum absolute atomic E-state index is 13.8. The number of halogens is 1. The lowest BCUT2D eigenvalue weighted by atomic mass is 10.0. The molecule has 1 atom stereocenters. The summed E-state index contributed by atoms with van der Waals surface area (Å²) in [6.07, 6.45) is 3.40. The first-order valence-corrected chi connectivity index (χ1v) is 11.2. The van der Waals surface area contributed by atoms with Crippen LogP contribution in [0.4, 0.5) is 5.69 Å². The molecule has 0 aliphatic carbocycles. The van der Waals surface area contributed by atoms with Gasteiger partial charge in [0.05, 0.1) is 22.6 Å². The Balaban J connectivity index is 1.74. The van der Waals surface area contributed by atoms with E-state index in [0.29, 0.717) is 11.3 Å². The summed E-state index contributed by atoms with van der Waals surface area (Å²) in [5, 5.41) is 0.0531. The van der Waals surface area contributed by atoms with E-state index in [2.05, 4.69) is 0 Å². The van der Waals surface area contributed by atoms with Crippen molar-refractivity contribution in [3.63, 3.8) is 0 Å². The number of fused-ring (bicyclic) bond motifs is 1. The number of amides is 1. The Morgan fingerprint density at radius 1 is 0.853 bits per heavy atom. The fourth-order valence-electron chi connectivity index (χ4n) is 4.62. The van der Waals surface area contributed by atoms with Gasteiger partial charge in [-0.3, -0.25) is 19.3 Å². The quantitative estimate of drug-likeness (QED) is 0.453. The topological polar surface area (TPSA) is 69.2 Å². The minimum Gasteiger partial charge on any atom is -0.345 e. The number of hydrogen-bond donors (Lipinski definition) is 0. The van der Waals surface area contributed by atoms with Crippen LogP contribution >= 0.6 is 11.6 Å². The molecule has 1 aliphatic rings. The van der Waals surface area contributed by atoms with Crippen molar-refractivity contribution >= 4 is 23.2 Å². The predicted molar refractivity (Wildman–Crippen MR) is 133 cm³/mol. The highest BCUT2D eigenvalue weighted by atomic mass is 35.5. The van der Waals surface area contributed by atoms with Crippen molar-refractivity contribution < 1.29 is 4.79 Å². The molecule has 1 aliphatic heterocycles. The summed E-state index contributed by atoms with van der Waals surface area (Å²) in [7, 11) is 5.24. The van der Waals surface area contributed by atoms with Crippen molar-refractivity contribution in [1.29, 1.82) is 0 Å². The summed E-state index contributed by atoms with van der Waals surface area (Å²) in [6.45, 7) is 2.01. The van der Waals surface area contributed by atoms with Crippen molar-refractivity contribution in [2.75, 3.05) is 4.90 Å². The Morgan fingerprint density at radius 2 is 1.56 bits per heavy atom. The molecule has 1 aromatic carbocycles. The lowest BCUT2D eigenvalue weighted by Gasteiger charge is -2.27. The highest BCUT2D eigenvalue weighted by molar-refractivity contribution is 6.30. The molecule has 34 heavy (non-hydrogen) atoms. The highest BCUT2D eigenvalue weighted by Crippen LogP contribution is 2.44. The fraction of sp³-hybridized carbons (Fsp3) is 0.192. The molecular weight excluding hydrogens is 452 g/mol. The van der Waals surface area contributed by atoms with Crippen LogP contribution in [0.25, 0.3) is 11.3 Å². The van der Waals surface area contributed by atoms with Gasteiger partial charge in [-0.25, -0.2) is 0 Å². The van der Waals surface area contributed by atoms with E-state index in [9.17, 15) is 14.4 Å². The SMILES string of the molecule is Cc1ccc(C2c3c(cc(-c4ccc(=O)n(C)c4)n3C)C(=O)N2c2cc(Cl)c(=O)n(C)c2)cc1. The zero-order valence-electron chi connectivity index (χ0n) is 19.2. The van der Waals surface area contributed by atoms with E-state index in [4.69, 9.17) is 11.6 Å². The van der Waals surface area contributed by atoms with E-state index >= 15 is 0 Å². The Labute approximate surface area is 201 Å². The first-order chi connectivity index (χ1) is 16.2. The van der Waals surface area contributed by atoms with Crippen LogP contribution in [0.5, 0.6) is 0 Å². The molecule has 0 saturated heterocycles. The maximum atomic E-state index is 13.8. The average molecular weight is 475 g/mol. The number of nitrogens with zero attached hydrogens (tertiary/aromatic N) is 4. The average Bonchev–Trinajstić information content (AvgIpc) is 3.29. The molecule has 5 rings (SSSR count). The van der Waals surface area contributed by atoms with Crippen molar-refractivity contribution in [3.05, 3.63) is 109 Å². The van der Waals surface area contributed by atoms with Gasteiger partial charge in [0, 0.05) is 45.2 Å². The Kier molecular flexibility index (Phi) is 5.10. The molecule has 4 heterocycles. The van der Waals surface area contributed by atoms with Gasteiger partial charge < -0.3 is 13.7 Å². The Bertz CT molecular complexity index is 1550. The normalized spacial score (nSPS) is 15.1. The number of hydrogen-bond acceptors (Lipinski definition) is 3. The van der Waals surface area contributed by atoms with Crippen LogP contribution < -0.4 is 16.0 Å². The van der Waals surface area contributed by atoms with E-state index < -0.39 is 6.04 Å². The summed E-state index contributed by atoms with van der Waals surface area (Å²) >= 11 is 6.20. The molecule has 7 nitrogen and oxygen atoms in total. The monoisotopic (exact) mass is 474 g/mol. The summed E-state index contributed by atoms with van der Waals surface area (Å²) in [5.74, 6) is -0.179. The summed E-state index contributed by atoms with van der Waals surface area (Å²) in [6, 6.07) is 14.3. The number of pyridine rings is 2. The first-order valence-electron chi connectivity index (χ1n) is 10.8. The lowest BCUT2D eigenvalue weighted by molar-refractivity contribution is 0.0993. The molecule has 0 fully saturated rings. The molecule has 0 bridgehead atoms. The number of rotatable bonds is 3. The van der Waals surface area contributed by atoms with Crippen LogP contribution in [0.1, 0.15) is 33.2 Å². The van der Waals surface area contributed by atoms with E-state index in [1.165, 1.54) is 15.2 Å². The highest BCUT2D eigenvalue weighted by Gasteiger charge is 2.42. The number of carbonyl (C=O) groups excluding carboxylic acids is 1. The molecule has 0 N–H and O–H groups in total. The first kappa shape index (κ1) is 22.0. The molecule has 0 saturated carbocycles. The number of anilines is 1. The van der Waals surface area contributed by atoms with Gasteiger partial charge in [0.25, 0.3) is 11.5 Å². The standard InChI is InChI=1S/C26H23ClN4O3/c1-15-5-7-16(8-6-15)23-24-19(12-21(30(24)4)17-9-10-22(32)28(2)13-17)25(33)31(23)18-11-20(27)26(34)29(3)14-18/h5-14,23H,1-4H3. The van der Waals surface area contributed by atoms with Crippen LogP contribution in [0, 0.1) is 6.92 Å². The van der Waals surface area contributed by atoms with Gasteiger partial charge in [0.15, 0.2) is 0 Å². The van der Waals surface area contributed by atoms with Gasteiger partial charge in [-0.1, -0.05) is 41.4 Å². The second kappa shape index (κ2) is 7.88. The van der Waals surface area contributed by atoms with Gasteiger partial charge in [0.2, 0.25) is 5.56 Å². The fourth-order valence-corrected chi connectivity index (χ4v) is 4.86. The van der Waals surface area contributed by atoms with Gasteiger partial charge in [-0.15, -0.1) is 0 Å². The third kappa shape index (κ3) is 3.31. The maximum Gasteiger partial charge on any atom is 0.269 e. The molecule has 1 amide bonds. The molecule has 8 heteroatoms. The van der Waals surface area contributed by atoms with Crippen LogP contribution in [-0.4, -0.2) is 19.6 Å². The van der Waals surface area contributed by atoms with E-state index in [0.717, 1.165) is 28.1 Å². The Hall–Kier alpha value is -3.84. The smallest absolute Gasteiger partial charge is 0.269 e. The number of carbonyl (C=O) groups is 1. The van der Waals surface area contributed by atoms with Crippen molar-refractivity contribution in [1.82, 2.24) is 13.7 Å². The molecule has 3 aromatic heterocycles. The number of aryl methyl sites for hydroxylation is 3. The molecule has 0 spiro atoms. The minimum atomic E-state index is -0.414. The van der Waals surface area contributed by atoms with Crippen molar-refractivity contribution in [2.45, 2.75) is 13.0 Å². The lowest BCUT2D eigenvalue weighted by Crippen LogP contribution is -2.31. The summed E-state index contributed by atoms with van der Waals surface area (Å²) < 4.78 is 4.91. The van der Waals surface area contributed by atoms with Crippen LogP contribution in [0.15, 0.2) is 70.5 Å². The van der Waals surface area contributed by atoms with Gasteiger partial charge in [-0.05, 0) is 30.7 Å². The molecule has 0 radical (unpaired) electrons. The largest absolute Gasteiger partial charge is 0.345 e.